The third-order valence-electron chi connectivity index (χ3n) is 1.84. The van der Waals surface area contributed by atoms with Gasteiger partial charge in [-0.25, -0.2) is 0 Å². The van der Waals surface area contributed by atoms with Gasteiger partial charge in [0.25, 0.3) is 0 Å². The van der Waals surface area contributed by atoms with E-state index in [0.717, 1.165) is 0 Å². The molecule has 0 aliphatic rings. The van der Waals surface area contributed by atoms with Gasteiger partial charge >= 0.3 is 93.9 Å². The third-order valence-corrected chi connectivity index (χ3v) is 2.96. The molecule has 0 saturated carbocycles. The van der Waals surface area contributed by atoms with Crippen LogP contribution in [0, 0.1) is 20.8 Å². The van der Waals surface area contributed by atoms with Gasteiger partial charge in [0.15, 0.2) is 0 Å². The Hall–Kier alpha value is 1.35. The summed E-state index contributed by atoms with van der Waals surface area (Å²) in [6.45, 7) is 6.48. The van der Waals surface area contributed by atoms with Crippen LogP contribution in [0.1, 0.15) is 16.7 Å². The predicted molar refractivity (Wildman–Crippen MR) is 46.0 cm³/mol. The molecule has 0 amide bonds. The zero-order chi connectivity index (χ0) is 7.72. The van der Waals surface area contributed by atoms with E-state index in [4.69, 9.17) is 0 Å². The maximum Gasteiger partial charge on any atom is 1.00 e. The van der Waals surface area contributed by atoms with Gasteiger partial charge in [0.05, 0.1) is 0 Å². The molecule has 0 radical (unpaired) electrons. The number of halogens is 2. The summed E-state index contributed by atoms with van der Waals surface area (Å²) >= 11 is 1.97. The van der Waals surface area contributed by atoms with Crippen LogP contribution in [0.5, 0.6) is 0 Å². The molecule has 13 heavy (non-hydrogen) atoms. The number of benzene rings is 1. The predicted octanol–water partition coefficient (Wildman–Crippen LogP) is -7.58. The van der Waals surface area contributed by atoms with E-state index in [2.05, 4.69) is 32.9 Å². The van der Waals surface area contributed by atoms with Gasteiger partial charge in [0.2, 0.25) is 0 Å². The quantitative estimate of drug-likeness (QED) is 0.409. The van der Waals surface area contributed by atoms with Crippen molar-refractivity contribution in [3.63, 3.8) is 0 Å². The first-order valence-corrected chi connectivity index (χ1v) is 4.22. The van der Waals surface area contributed by atoms with Crippen molar-refractivity contribution in [3.8, 4) is 0 Å². The Morgan fingerprint density at radius 2 is 1.31 bits per heavy atom. The first-order valence-electron chi connectivity index (χ1n) is 3.51. The molecule has 0 aromatic heterocycles. The molecule has 0 atom stereocenters. The first kappa shape index (κ1) is 19.9. The fourth-order valence-corrected chi connectivity index (χ4v) is 1.41. The fraction of sp³-hybridized carbons (Fsp3) is 0.333. The summed E-state index contributed by atoms with van der Waals surface area (Å²) in [5.41, 5.74) is 4.19. The smallest absolute Gasteiger partial charge is 1.00 e. The Morgan fingerprint density at radius 1 is 1.00 bits per heavy atom. The standard InChI is InChI=1S/C9H11.BrH.ClH.Li.Mg/c1-7-4-8(2)6-9(3)5-7;;;;/h4-5H,1-3H3;2*1H;;/q;;;2*+1/p-2. The maximum atomic E-state index is 2.23. The molecular formula is C9H11BrClLiMg. The molecule has 0 heterocycles. The van der Waals surface area contributed by atoms with Crippen LogP contribution >= 0.6 is 0 Å². The van der Waals surface area contributed by atoms with Gasteiger partial charge in [0, 0.05) is 0 Å². The molecule has 0 N–H and O–H groups in total. The summed E-state index contributed by atoms with van der Waals surface area (Å²) in [5, 5.41) is 0. The number of hydrogen-bond donors (Lipinski definition) is 0. The minimum atomic E-state index is 0. The summed E-state index contributed by atoms with van der Waals surface area (Å²) < 4.78 is 1.45. The van der Waals surface area contributed by atoms with Crippen LogP contribution in [0.4, 0.5) is 0 Å². The molecule has 0 aliphatic heterocycles. The van der Waals surface area contributed by atoms with Crippen molar-refractivity contribution in [2.45, 2.75) is 20.8 Å². The summed E-state index contributed by atoms with van der Waals surface area (Å²) in [6.07, 6.45) is 0. The second-order valence-electron chi connectivity index (χ2n) is 2.88. The van der Waals surface area contributed by atoms with Crippen LogP contribution in [0.3, 0.4) is 0 Å². The van der Waals surface area contributed by atoms with Gasteiger partial charge in [-0.05, 0) is 0 Å². The first-order chi connectivity index (χ1) is 4.61. The molecule has 0 unspecified atom stereocenters. The second kappa shape index (κ2) is 8.65. The van der Waals surface area contributed by atoms with E-state index < -0.39 is 0 Å². The molecule has 0 bridgehead atoms. The van der Waals surface area contributed by atoms with Gasteiger partial charge in [-0.1, -0.05) is 0 Å². The molecule has 1 aromatic rings. The Bertz CT molecular complexity index is 243. The van der Waals surface area contributed by atoms with Crippen molar-refractivity contribution < 1.29 is 48.2 Å². The minimum Gasteiger partial charge on any atom is -1.00 e. The molecule has 1 aromatic carbocycles. The summed E-state index contributed by atoms with van der Waals surface area (Å²) in [7, 11) is 0. The van der Waals surface area contributed by atoms with Crippen molar-refractivity contribution in [1.29, 1.82) is 0 Å². The average molecular weight is 266 g/mol. The zero-order valence-corrected chi connectivity index (χ0v) is 12.4. The van der Waals surface area contributed by atoms with Crippen molar-refractivity contribution in [2.24, 2.45) is 0 Å². The van der Waals surface area contributed by atoms with E-state index in [1.807, 2.05) is 21.7 Å². The normalized spacial score (nSPS) is 7.77. The molecular weight excluding hydrogens is 255 g/mol. The van der Waals surface area contributed by atoms with Crippen LogP contribution < -0.4 is 51.9 Å². The minimum absolute atomic E-state index is 0. The second-order valence-corrected chi connectivity index (χ2v) is 3.58. The van der Waals surface area contributed by atoms with Crippen LogP contribution in [-0.4, -0.2) is 21.7 Å². The van der Waals surface area contributed by atoms with Crippen LogP contribution in [0.25, 0.3) is 0 Å². The van der Waals surface area contributed by atoms with Crippen LogP contribution in [0.15, 0.2) is 12.1 Å². The molecule has 64 valence electrons. The molecule has 0 aliphatic carbocycles. The van der Waals surface area contributed by atoms with E-state index in [1.165, 1.54) is 20.4 Å². The van der Waals surface area contributed by atoms with Gasteiger partial charge in [-0.3, -0.25) is 0 Å². The molecule has 1 rings (SSSR count). The topological polar surface area (TPSA) is 0 Å². The molecule has 4 heteroatoms. The summed E-state index contributed by atoms with van der Waals surface area (Å²) in [4.78, 5) is 0. The largest absolute Gasteiger partial charge is 1.00 e. The molecule has 0 fully saturated rings. The number of rotatable bonds is 0. The fourth-order valence-electron chi connectivity index (χ4n) is 1.21. The van der Waals surface area contributed by atoms with E-state index in [1.54, 1.807) is 0 Å². The summed E-state index contributed by atoms with van der Waals surface area (Å²) in [6, 6.07) is 4.46. The monoisotopic (exact) mass is 264 g/mol. The van der Waals surface area contributed by atoms with Crippen LogP contribution in [-0.2, 0) is 0 Å². The molecule has 0 nitrogen and oxygen atoms in total. The van der Waals surface area contributed by atoms with Crippen LogP contribution in [0.2, 0.25) is 0 Å². The SMILES string of the molecule is Cc1cc(C)[c]([Mg+])c(C)c1.[Br-].[Cl-].[Li+]. The Kier molecular flexibility index (Phi) is 13.2. The Morgan fingerprint density at radius 3 is 1.62 bits per heavy atom. The number of aryl methyl sites for hydroxylation is 3. The Labute approximate surface area is 122 Å². The molecule has 0 saturated heterocycles. The van der Waals surface area contributed by atoms with E-state index in [9.17, 15) is 0 Å². The van der Waals surface area contributed by atoms with E-state index in [0.29, 0.717) is 0 Å². The zero-order valence-electron chi connectivity index (χ0n) is 8.62. The van der Waals surface area contributed by atoms with Gasteiger partial charge in [-0.15, -0.1) is 0 Å². The van der Waals surface area contributed by atoms with Gasteiger partial charge < -0.3 is 29.4 Å². The van der Waals surface area contributed by atoms with Crippen molar-refractivity contribution >= 4 is 25.4 Å². The Balaban J connectivity index is -0.000000333. The van der Waals surface area contributed by atoms with Crippen molar-refractivity contribution in [2.75, 3.05) is 0 Å². The van der Waals surface area contributed by atoms with Crippen molar-refractivity contribution in [3.05, 3.63) is 28.8 Å². The maximum absolute atomic E-state index is 2.23. The van der Waals surface area contributed by atoms with Gasteiger partial charge in [0.1, 0.15) is 0 Å². The third kappa shape index (κ3) is 5.72. The molecule has 0 spiro atoms. The average Bonchev–Trinajstić information content (AvgIpc) is 1.82. The van der Waals surface area contributed by atoms with E-state index in [-0.39, 0.29) is 48.2 Å². The number of hydrogen-bond acceptors (Lipinski definition) is 0. The van der Waals surface area contributed by atoms with Gasteiger partial charge in [-0.2, -0.15) is 0 Å². The van der Waals surface area contributed by atoms with Crippen molar-refractivity contribution in [1.82, 2.24) is 0 Å². The summed E-state index contributed by atoms with van der Waals surface area (Å²) in [5.74, 6) is 0. The van der Waals surface area contributed by atoms with E-state index >= 15 is 0 Å².